The van der Waals surface area contributed by atoms with Gasteiger partial charge in [0.1, 0.15) is 11.2 Å². The second kappa shape index (κ2) is 5.24. The van der Waals surface area contributed by atoms with Crippen LogP contribution in [0.2, 0.25) is 0 Å². The Labute approximate surface area is 141 Å². The monoisotopic (exact) mass is 305 g/mol. The Morgan fingerprint density at radius 1 is 1.13 bits per heavy atom. The minimum atomic E-state index is -2.44. The number of rotatable bonds is 2. The number of furan rings is 1. The molecule has 4 aromatic rings. The predicted molar refractivity (Wildman–Crippen MR) is 95.8 cm³/mol. The molecule has 0 spiro atoms. The van der Waals surface area contributed by atoms with Gasteiger partial charge in [-0.3, -0.25) is 4.98 Å². The van der Waals surface area contributed by atoms with E-state index in [-0.39, 0.29) is 0 Å². The van der Waals surface area contributed by atoms with E-state index in [2.05, 4.69) is 4.98 Å². The van der Waals surface area contributed by atoms with E-state index in [9.17, 15) is 0 Å². The third-order valence-corrected chi connectivity index (χ3v) is 4.12. The Morgan fingerprint density at radius 2 is 2.04 bits per heavy atom. The molecule has 2 heterocycles. The molecule has 1 unspecified atom stereocenters. The number of benzene rings is 2. The lowest BCUT2D eigenvalue weighted by atomic mass is 10.0. The predicted octanol–water partition coefficient (Wildman–Crippen LogP) is 6.08. The molecular weight excluding hydrogens is 282 g/mol. The quantitative estimate of drug-likeness (QED) is 0.448. The molecular formula is C21H19NO. The Kier molecular flexibility index (Phi) is 2.33. The van der Waals surface area contributed by atoms with E-state index in [0.29, 0.717) is 16.8 Å². The number of para-hydroxylation sites is 1. The zero-order valence-electron chi connectivity index (χ0n) is 17.1. The molecule has 0 aliphatic rings. The highest BCUT2D eigenvalue weighted by Gasteiger charge is 2.13. The van der Waals surface area contributed by atoms with Gasteiger partial charge >= 0.3 is 0 Å². The van der Waals surface area contributed by atoms with Crippen molar-refractivity contribution < 1.29 is 9.90 Å². The van der Waals surface area contributed by atoms with Gasteiger partial charge < -0.3 is 4.42 Å². The van der Waals surface area contributed by atoms with E-state index in [1.807, 2.05) is 43.3 Å². The number of hydrogen-bond acceptors (Lipinski definition) is 2. The van der Waals surface area contributed by atoms with Crippen molar-refractivity contribution in [3.05, 3.63) is 65.9 Å². The zero-order chi connectivity index (χ0) is 19.4. The number of fused-ring (bicyclic) bond motifs is 3. The van der Waals surface area contributed by atoms with Gasteiger partial charge in [-0.2, -0.15) is 0 Å². The molecule has 1 atom stereocenters. The molecule has 0 radical (unpaired) electrons. The summed E-state index contributed by atoms with van der Waals surface area (Å²) >= 11 is 0. The molecule has 0 aliphatic heterocycles. The van der Waals surface area contributed by atoms with Gasteiger partial charge in [0.15, 0.2) is 0 Å². The SMILES string of the molecule is [2H]C([2H])([2H])C([2H])(C)c1ccnc(-c2cccc3c2oc2cc(C)ccc23)c1. The van der Waals surface area contributed by atoms with Crippen LogP contribution in [0.25, 0.3) is 33.2 Å². The Balaban J connectivity index is 1.93. The van der Waals surface area contributed by atoms with Crippen molar-refractivity contribution >= 4 is 21.9 Å². The molecule has 0 saturated heterocycles. The average Bonchev–Trinajstić information content (AvgIpc) is 2.98. The summed E-state index contributed by atoms with van der Waals surface area (Å²) in [6.07, 6.45) is 1.55. The van der Waals surface area contributed by atoms with E-state index >= 15 is 0 Å². The molecule has 0 fully saturated rings. The lowest BCUT2D eigenvalue weighted by Gasteiger charge is -2.07. The van der Waals surface area contributed by atoms with Gasteiger partial charge in [0.2, 0.25) is 0 Å². The number of pyridine rings is 1. The number of hydrogen-bond donors (Lipinski definition) is 0. The van der Waals surface area contributed by atoms with Crippen molar-refractivity contribution in [3.63, 3.8) is 0 Å². The number of nitrogens with zero attached hydrogens (tertiary/aromatic N) is 1. The lowest BCUT2D eigenvalue weighted by molar-refractivity contribution is 0.669. The maximum Gasteiger partial charge on any atom is 0.144 e. The van der Waals surface area contributed by atoms with Crippen molar-refractivity contribution in [1.82, 2.24) is 4.98 Å². The largest absolute Gasteiger partial charge is 0.455 e. The van der Waals surface area contributed by atoms with Gasteiger partial charge in [-0.25, -0.2) is 0 Å². The van der Waals surface area contributed by atoms with Crippen molar-refractivity contribution in [1.29, 1.82) is 0 Å². The van der Waals surface area contributed by atoms with E-state index in [1.54, 1.807) is 18.3 Å². The highest BCUT2D eigenvalue weighted by atomic mass is 16.3. The van der Waals surface area contributed by atoms with Crippen LogP contribution in [0.15, 0.2) is 59.1 Å². The molecule has 2 heteroatoms. The van der Waals surface area contributed by atoms with Crippen LogP contribution in [0.1, 0.15) is 36.3 Å². The van der Waals surface area contributed by atoms with Gasteiger partial charge in [0.25, 0.3) is 0 Å². The highest BCUT2D eigenvalue weighted by molar-refractivity contribution is 6.09. The minimum absolute atomic E-state index is 0.399. The first kappa shape index (κ1) is 10.2. The summed E-state index contributed by atoms with van der Waals surface area (Å²) in [4.78, 5) is 4.42. The molecule has 0 aliphatic carbocycles. The summed E-state index contributed by atoms with van der Waals surface area (Å²) in [5.41, 5.74) is 4.41. The molecule has 0 N–H and O–H groups in total. The standard InChI is InChI=1S/C21H19NO/c1-13(2)15-9-10-22-19(12-15)18-6-4-5-17-16-8-7-14(3)11-20(16)23-21(17)18/h4-13H,1-3H3/i1D3,13D. The van der Waals surface area contributed by atoms with Crippen LogP contribution in [0.4, 0.5) is 0 Å². The Morgan fingerprint density at radius 3 is 2.91 bits per heavy atom. The first-order valence-electron chi connectivity index (χ1n) is 9.57. The fraction of sp³-hybridized carbons (Fsp3) is 0.190. The summed E-state index contributed by atoms with van der Waals surface area (Å²) in [5.74, 6) is -1.72. The van der Waals surface area contributed by atoms with Gasteiger partial charge in [0.05, 0.1) is 5.69 Å². The smallest absolute Gasteiger partial charge is 0.144 e. The molecule has 0 amide bonds. The Hall–Kier alpha value is -2.61. The highest BCUT2D eigenvalue weighted by Crippen LogP contribution is 2.35. The van der Waals surface area contributed by atoms with Crippen LogP contribution in [-0.2, 0) is 0 Å². The fourth-order valence-corrected chi connectivity index (χ4v) is 2.92. The van der Waals surface area contributed by atoms with Crippen molar-refractivity contribution in [2.75, 3.05) is 0 Å². The normalized spacial score (nSPS) is 17.3. The van der Waals surface area contributed by atoms with Crippen molar-refractivity contribution in [2.24, 2.45) is 0 Å². The maximum absolute atomic E-state index is 8.34. The second-order valence-electron chi connectivity index (χ2n) is 5.84. The average molecular weight is 305 g/mol. The summed E-state index contributed by atoms with van der Waals surface area (Å²) in [7, 11) is 0. The van der Waals surface area contributed by atoms with Crippen LogP contribution >= 0.6 is 0 Å². The van der Waals surface area contributed by atoms with Gasteiger partial charge in [-0.05, 0) is 48.2 Å². The zero-order valence-corrected chi connectivity index (χ0v) is 13.1. The molecule has 114 valence electrons. The first-order valence-corrected chi connectivity index (χ1v) is 7.57. The first-order chi connectivity index (χ1) is 12.7. The second-order valence-corrected chi connectivity index (χ2v) is 5.84. The van der Waals surface area contributed by atoms with Crippen LogP contribution in [0.5, 0.6) is 0 Å². The molecule has 0 bridgehead atoms. The lowest BCUT2D eigenvalue weighted by Crippen LogP contribution is -1.90. The van der Waals surface area contributed by atoms with Crippen molar-refractivity contribution in [2.45, 2.75) is 26.6 Å². The third-order valence-electron chi connectivity index (χ3n) is 4.12. The molecule has 23 heavy (non-hydrogen) atoms. The van der Waals surface area contributed by atoms with Crippen LogP contribution < -0.4 is 0 Å². The third kappa shape index (κ3) is 2.31. The molecule has 0 saturated carbocycles. The number of aryl methyl sites for hydroxylation is 1. The van der Waals surface area contributed by atoms with Gasteiger partial charge in [-0.1, -0.05) is 38.0 Å². The Bertz CT molecular complexity index is 1160. The summed E-state index contributed by atoms with van der Waals surface area (Å²) in [5, 5.41) is 2.01. The fourth-order valence-electron chi connectivity index (χ4n) is 2.92. The van der Waals surface area contributed by atoms with Crippen LogP contribution in [0, 0.1) is 6.92 Å². The van der Waals surface area contributed by atoms with E-state index in [4.69, 9.17) is 9.90 Å². The molecule has 2 aromatic heterocycles. The molecule has 4 rings (SSSR count). The van der Waals surface area contributed by atoms with Crippen LogP contribution in [0.3, 0.4) is 0 Å². The van der Waals surface area contributed by atoms with E-state index < -0.39 is 12.7 Å². The van der Waals surface area contributed by atoms with Crippen molar-refractivity contribution in [3.8, 4) is 11.3 Å². The minimum Gasteiger partial charge on any atom is -0.455 e. The maximum atomic E-state index is 8.34. The number of aromatic nitrogens is 1. The van der Waals surface area contributed by atoms with Gasteiger partial charge in [-0.15, -0.1) is 0 Å². The molecule has 2 aromatic carbocycles. The van der Waals surface area contributed by atoms with E-state index in [0.717, 1.165) is 27.5 Å². The summed E-state index contributed by atoms with van der Waals surface area (Å²) in [6.45, 7) is 0.987. The topological polar surface area (TPSA) is 26.0 Å². The summed E-state index contributed by atoms with van der Waals surface area (Å²) < 4.78 is 37.5. The molecule has 2 nitrogen and oxygen atoms in total. The summed E-state index contributed by atoms with van der Waals surface area (Å²) in [6, 6.07) is 15.2. The van der Waals surface area contributed by atoms with E-state index in [1.165, 1.54) is 6.92 Å². The van der Waals surface area contributed by atoms with Crippen LogP contribution in [-0.4, -0.2) is 4.98 Å². The van der Waals surface area contributed by atoms with Gasteiger partial charge in [0, 0.05) is 28.0 Å².